The topological polar surface area (TPSA) is 34.9 Å². The largest absolute Gasteiger partial charge is 0.270 e. The third-order valence-corrected chi connectivity index (χ3v) is 3.55. The van der Waals surface area contributed by atoms with E-state index in [0.717, 1.165) is 22.4 Å². The zero-order valence-electron chi connectivity index (χ0n) is 10.7. The first-order valence-corrected chi connectivity index (χ1v) is 6.86. The van der Waals surface area contributed by atoms with Crippen LogP contribution in [0.3, 0.4) is 0 Å². The number of aryl methyl sites for hydroxylation is 3. The van der Waals surface area contributed by atoms with E-state index < -0.39 is 0 Å². The summed E-state index contributed by atoms with van der Waals surface area (Å²) in [6, 6.07) is 8.11. The molecule has 18 heavy (non-hydrogen) atoms. The molecule has 94 valence electrons. The van der Waals surface area contributed by atoms with Crippen molar-refractivity contribution in [3.05, 3.63) is 51.3 Å². The Morgan fingerprint density at radius 2 is 2.00 bits per heavy atom. The highest BCUT2D eigenvalue weighted by Gasteiger charge is 2.09. The first-order valence-electron chi connectivity index (χ1n) is 5.73. The Kier molecular flexibility index (Phi) is 3.66. The second kappa shape index (κ2) is 5.06. The molecule has 0 aliphatic carbocycles. The lowest BCUT2D eigenvalue weighted by molar-refractivity contribution is 0.704. The molecule has 0 fully saturated rings. The quantitative estimate of drug-likeness (QED) is 0.800. The van der Waals surface area contributed by atoms with Crippen LogP contribution in [0.1, 0.15) is 16.7 Å². The molecule has 0 spiro atoms. The van der Waals surface area contributed by atoms with Crippen molar-refractivity contribution in [3.8, 4) is 11.3 Å². The smallest absolute Gasteiger partial charge is 0.267 e. The van der Waals surface area contributed by atoms with Gasteiger partial charge < -0.3 is 0 Å². The third-order valence-electron chi connectivity index (χ3n) is 2.95. The van der Waals surface area contributed by atoms with Crippen molar-refractivity contribution in [2.75, 3.05) is 0 Å². The monoisotopic (exact) mass is 306 g/mol. The molecule has 0 amide bonds. The van der Waals surface area contributed by atoms with Crippen LogP contribution in [0.25, 0.3) is 11.3 Å². The number of aromatic nitrogens is 2. The lowest BCUT2D eigenvalue weighted by Gasteiger charge is -2.09. The SMILES string of the molecule is Cc1ccc(C)c(-c2cc(CBr)c(=O)n(C)n2)c1. The maximum Gasteiger partial charge on any atom is 0.270 e. The highest BCUT2D eigenvalue weighted by atomic mass is 79.9. The van der Waals surface area contributed by atoms with Crippen LogP contribution in [0.15, 0.2) is 29.1 Å². The van der Waals surface area contributed by atoms with Crippen molar-refractivity contribution in [2.45, 2.75) is 19.2 Å². The minimum Gasteiger partial charge on any atom is -0.267 e. The fourth-order valence-corrected chi connectivity index (χ4v) is 2.31. The molecule has 0 atom stereocenters. The van der Waals surface area contributed by atoms with E-state index in [-0.39, 0.29) is 5.56 Å². The van der Waals surface area contributed by atoms with Crippen LogP contribution < -0.4 is 5.56 Å². The van der Waals surface area contributed by atoms with Gasteiger partial charge in [-0.15, -0.1) is 0 Å². The van der Waals surface area contributed by atoms with Gasteiger partial charge >= 0.3 is 0 Å². The summed E-state index contributed by atoms with van der Waals surface area (Å²) in [6.07, 6.45) is 0. The summed E-state index contributed by atoms with van der Waals surface area (Å²) in [4.78, 5) is 11.8. The average Bonchev–Trinajstić information content (AvgIpc) is 2.35. The molecule has 0 N–H and O–H groups in total. The predicted octanol–water partition coefficient (Wildman–Crippen LogP) is 2.96. The number of hydrogen-bond acceptors (Lipinski definition) is 2. The van der Waals surface area contributed by atoms with Crippen molar-refractivity contribution in [3.63, 3.8) is 0 Å². The molecule has 0 unspecified atom stereocenters. The second-order valence-electron chi connectivity index (χ2n) is 4.44. The molecule has 4 heteroatoms. The lowest BCUT2D eigenvalue weighted by Crippen LogP contribution is -2.23. The van der Waals surface area contributed by atoms with Crippen LogP contribution in [-0.4, -0.2) is 9.78 Å². The Morgan fingerprint density at radius 1 is 1.28 bits per heavy atom. The molecule has 0 bridgehead atoms. The minimum absolute atomic E-state index is 0.0547. The molecule has 1 heterocycles. The van der Waals surface area contributed by atoms with E-state index in [4.69, 9.17) is 0 Å². The predicted molar refractivity (Wildman–Crippen MR) is 77.0 cm³/mol. The van der Waals surface area contributed by atoms with E-state index in [9.17, 15) is 4.79 Å². The first kappa shape index (κ1) is 13.0. The van der Waals surface area contributed by atoms with Gasteiger partial charge in [-0.1, -0.05) is 33.6 Å². The van der Waals surface area contributed by atoms with E-state index in [1.807, 2.05) is 6.07 Å². The third kappa shape index (κ3) is 2.38. The molecular formula is C14H15BrN2O. The Bertz CT molecular complexity index is 647. The molecular weight excluding hydrogens is 292 g/mol. The van der Waals surface area contributed by atoms with E-state index in [0.29, 0.717) is 5.33 Å². The molecule has 0 aliphatic rings. The molecule has 1 aromatic heterocycles. The van der Waals surface area contributed by atoms with Crippen LogP contribution in [-0.2, 0) is 12.4 Å². The van der Waals surface area contributed by atoms with Gasteiger partial charge in [-0.05, 0) is 31.5 Å². The maximum atomic E-state index is 11.8. The molecule has 2 rings (SSSR count). The van der Waals surface area contributed by atoms with Gasteiger partial charge in [-0.25, -0.2) is 4.68 Å². The molecule has 2 aromatic rings. The van der Waals surface area contributed by atoms with Gasteiger partial charge in [0.15, 0.2) is 0 Å². The first-order chi connectivity index (χ1) is 8.52. The summed E-state index contributed by atoms with van der Waals surface area (Å²) >= 11 is 3.34. The fourth-order valence-electron chi connectivity index (χ4n) is 1.91. The number of rotatable bonds is 2. The van der Waals surface area contributed by atoms with Gasteiger partial charge in [0.05, 0.1) is 5.69 Å². The van der Waals surface area contributed by atoms with Crippen molar-refractivity contribution in [1.82, 2.24) is 9.78 Å². The Balaban J connectivity index is 2.68. The molecule has 0 aliphatic heterocycles. The van der Waals surface area contributed by atoms with Crippen LogP contribution in [0.4, 0.5) is 0 Å². The number of benzene rings is 1. The number of alkyl halides is 1. The Morgan fingerprint density at radius 3 is 2.67 bits per heavy atom. The van der Waals surface area contributed by atoms with Crippen molar-refractivity contribution < 1.29 is 0 Å². The van der Waals surface area contributed by atoms with Gasteiger partial charge in [0.1, 0.15) is 0 Å². The summed E-state index contributed by atoms with van der Waals surface area (Å²) in [5.41, 5.74) is 4.93. The summed E-state index contributed by atoms with van der Waals surface area (Å²) in [7, 11) is 1.68. The van der Waals surface area contributed by atoms with Crippen molar-refractivity contribution in [1.29, 1.82) is 0 Å². The molecule has 0 saturated carbocycles. The zero-order valence-corrected chi connectivity index (χ0v) is 12.3. The standard InChI is InChI=1S/C14H15BrN2O/c1-9-4-5-10(2)12(6-9)13-7-11(8-15)14(18)17(3)16-13/h4-7H,8H2,1-3H3. The molecule has 0 saturated heterocycles. The van der Waals surface area contributed by atoms with Crippen LogP contribution in [0.2, 0.25) is 0 Å². The van der Waals surface area contributed by atoms with E-state index in [1.54, 1.807) is 7.05 Å². The highest BCUT2D eigenvalue weighted by Crippen LogP contribution is 2.22. The molecule has 1 aromatic carbocycles. The number of halogens is 1. The number of hydrogen-bond donors (Lipinski definition) is 0. The minimum atomic E-state index is -0.0547. The molecule has 3 nitrogen and oxygen atoms in total. The Labute approximate surface area is 115 Å². The summed E-state index contributed by atoms with van der Waals surface area (Å²) in [5.74, 6) is 0. The van der Waals surface area contributed by atoms with Crippen molar-refractivity contribution in [2.24, 2.45) is 7.05 Å². The van der Waals surface area contributed by atoms with E-state index >= 15 is 0 Å². The normalized spacial score (nSPS) is 10.7. The van der Waals surface area contributed by atoms with E-state index in [2.05, 4.69) is 53.1 Å². The van der Waals surface area contributed by atoms with Gasteiger partial charge in [0.2, 0.25) is 0 Å². The average molecular weight is 307 g/mol. The summed E-state index contributed by atoms with van der Waals surface area (Å²) in [6.45, 7) is 4.10. The maximum absolute atomic E-state index is 11.8. The van der Waals surface area contributed by atoms with Gasteiger partial charge in [0, 0.05) is 23.5 Å². The number of nitrogens with zero attached hydrogens (tertiary/aromatic N) is 2. The van der Waals surface area contributed by atoms with Gasteiger partial charge in [-0.3, -0.25) is 4.79 Å². The van der Waals surface area contributed by atoms with E-state index in [1.165, 1.54) is 10.2 Å². The Hall–Kier alpha value is -1.42. The lowest BCUT2D eigenvalue weighted by atomic mass is 10.0. The van der Waals surface area contributed by atoms with Crippen LogP contribution in [0, 0.1) is 13.8 Å². The van der Waals surface area contributed by atoms with Gasteiger partial charge in [-0.2, -0.15) is 5.10 Å². The van der Waals surface area contributed by atoms with Crippen LogP contribution >= 0.6 is 15.9 Å². The fraction of sp³-hybridized carbons (Fsp3) is 0.286. The molecule has 0 radical (unpaired) electrons. The second-order valence-corrected chi connectivity index (χ2v) is 5.00. The highest BCUT2D eigenvalue weighted by molar-refractivity contribution is 9.08. The zero-order chi connectivity index (χ0) is 13.3. The van der Waals surface area contributed by atoms with Crippen molar-refractivity contribution >= 4 is 15.9 Å². The summed E-state index contributed by atoms with van der Waals surface area (Å²) < 4.78 is 1.40. The van der Waals surface area contributed by atoms with Gasteiger partial charge in [0.25, 0.3) is 5.56 Å². The summed E-state index contributed by atoms with van der Waals surface area (Å²) in [5, 5.41) is 4.88. The van der Waals surface area contributed by atoms with Crippen LogP contribution in [0.5, 0.6) is 0 Å².